The molecule has 0 spiro atoms. The lowest BCUT2D eigenvalue weighted by Gasteiger charge is -2.12. The van der Waals surface area contributed by atoms with E-state index in [-0.39, 0.29) is 5.90 Å². The van der Waals surface area contributed by atoms with E-state index in [2.05, 4.69) is 9.34 Å². The Bertz CT molecular complexity index is 304. The Labute approximate surface area is 71.5 Å². The lowest BCUT2D eigenvalue weighted by atomic mass is 10.1. The van der Waals surface area contributed by atoms with Crippen LogP contribution in [0.25, 0.3) is 0 Å². The molecule has 0 aromatic heterocycles. The van der Waals surface area contributed by atoms with Crippen molar-refractivity contribution in [3.63, 3.8) is 0 Å². The second kappa shape index (κ2) is 2.62. The summed E-state index contributed by atoms with van der Waals surface area (Å²) in [5, 5.41) is 3.49. The van der Waals surface area contributed by atoms with Crippen molar-refractivity contribution < 1.29 is 17.4 Å². The molecule has 0 N–H and O–H groups in total. The van der Waals surface area contributed by atoms with Crippen LogP contribution in [-0.2, 0) is 19.1 Å². The molecule has 70 valence electrons. The third-order valence-electron chi connectivity index (χ3n) is 1.22. The zero-order valence-corrected chi connectivity index (χ0v) is 8.01. The van der Waals surface area contributed by atoms with Crippen LogP contribution in [0, 0.1) is 0 Å². The summed E-state index contributed by atoms with van der Waals surface area (Å²) in [5.74, 6) is 0.113. The van der Waals surface area contributed by atoms with E-state index in [0.29, 0.717) is 6.42 Å². The first-order chi connectivity index (χ1) is 5.29. The highest BCUT2D eigenvalue weighted by Crippen LogP contribution is 2.23. The van der Waals surface area contributed by atoms with Gasteiger partial charge in [-0.3, -0.25) is 0 Å². The third-order valence-corrected chi connectivity index (χ3v) is 1.71. The fourth-order valence-corrected chi connectivity index (χ4v) is 1.26. The lowest BCUT2D eigenvalue weighted by Crippen LogP contribution is -2.20. The summed E-state index contributed by atoms with van der Waals surface area (Å²) in [7, 11) is -3.47. The number of oxime groups is 1. The van der Waals surface area contributed by atoms with E-state index >= 15 is 0 Å². The van der Waals surface area contributed by atoms with Crippen LogP contribution in [0.2, 0.25) is 0 Å². The Morgan fingerprint density at radius 3 is 2.50 bits per heavy atom. The molecule has 0 aliphatic carbocycles. The number of nitrogens with zero attached hydrogens (tertiary/aromatic N) is 1. The van der Waals surface area contributed by atoms with Crippen LogP contribution in [0.15, 0.2) is 5.16 Å². The SMILES string of the molecule is CC1(C)CC(OS(C)(=O)=O)=NO1. The van der Waals surface area contributed by atoms with Gasteiger partial charge in [-0.05, 0) is 19.0 Å². The van der Waals surface area contributed by atoms with Gasteiger partial charge in [-0.15, -0.1) is 0 Å². The van der Waals surface area contributed by atoms with Gasteiger partial charge in [-0.1, -0.05) is 0 Å². The molecule has 0 saturated heterocycles. The fourth-order valence-electron chi connectivity index (χ4n) is 0.823. The first-order valence-corrected chi connectivity index (χ1v) is 5.25. The Hall–Kier alpha value is -0.780. The molecule has 0 bridgehead atoms. The second-order valence-corrected chi connectivity index (χ2v) is 4.88. The van der Waals surface area contributed by atoms with E-state index < -0.39 is 15.7 Å². The van der Waals surface area contributed by atoms with E-state index in [1.54, 1.807) is 13.8 Å². The van der Waals surface area contributed by atoms with Gasteiger partial charge < -0.3 is 9.02 Å². The minimum absolute atomic E-state index is 0.113. The van der Waals surface area contributed by atoms with Gasteiger partial charge in [0.25, 0.3) is 0 Å². The summed E-state index contributed by atoms with van der Waals surface area (Å²) in [5.41, 5.74) is -0.458. The monoisotopic (exact) mass is 193 g/mol. The van der Waals surface area contributed by atoms with Crippen molar-refractivity contribution in [1.29, 1.82) is 0 Å². The van der Waals surface area contributed by atoms with Gasteiger partial charge in [-0.25, -0.2) is 0 Å². The van der Waals surface area contributed by atoms with Crippen molar-refractivity contribution in [3.8, 4) is 0 Å². The molecule has 12 heavy (non-hydrogen) atoms. The van der Waals surface area contributed by atoms with Gasteiger partial charge in [0.2, 0.25) is 5.90 Å². The number of rotatable bonds is 1. The maximum absolute atomic E-state index is 10.6. The van der Waals surface area contributed by atoms with Crippen LogP contribution >= 0.6 is 0 Å². The largest absolute Gasteiger partial charge is 0.386 e. The lowest BCUT2D eigenvalue weighted by molar-refractivity contribution is 0.0123. The molecular formula is C6H11NO4S. The standard InChI is InChI=1S/C6H11NO4S/c1-6(2)4-5(7-11-6)10-12(3,8)9/h4H2,1-3H3. The molecular weight excluding hydrogens is 182 g/mol. The summed E-state index contributed by atoms with van der Waals surface area (Å²) in [6, 6.07) is 0. The summed E-state index contributed by atoms with van der Waals surface area (Å²) in [4.78, 5) is 4.90. The van der Waals surface area contributed by atoms with Crippen LogP contribution in [0.3, 0.4) is 0 Å². The molecule has 1 heterocycles. The predicted molar refractivity (Wildman–Crippen MR) is 43.1 cm³/mol. The average Bonchev–Trinajstić information content (AvgIpc) is 2.05. The van der Waals surface area contributed by atoms with Gasteiger partial charge in [-0.2, -0.15) is 8.42 Å². The first-order valence-electron chi connectivity index (χ1n) is 3.43. The minimum Gasteiger partial charge on any atom is -0.386 e. The maximum atomic E-state index is 10.6. The molecule has 0 fully saturated rings. The van der Waals surface area contributed by atoms with Crippen molar-refractivity contribution in [1.82, 2.24) is 0 Å². The van der Waals surface area contributed by atoms with E-state index in [4.69, 9.17) is 4.84 Å². The highest BCUT2D eigenvalue weighted by atomic mass is 32.2. The molecule has 0 saturated carbocycles. The smallest absolute Gasteiger partial charge is 0.307 e. The van der Waals surface area contributed by atoms with Crippen molar-refractivity contribution in [2.24, 2.45) is 5.16 Å². The topological polar surface area (TPSA) is 65.0 Å². The summed E-state index contributed by atoms with van der Waals surface area (Å²) in [6.07, 6.45) is 1.35. The van der Waals surface area contributed by atoms with Gasteiger partial charge in [0.05, 0.1) is 12.7 Å². The van der Waals surface area contributed by atoms with Crippen LogP contribution in [0.4, 0.5) is 0 Å². The summed E-state index contributed by atoms with van der Waals surface area (Å²) >= 11 is 0. The average molecular weight is 193 g/mol. The zero-order chi connectivity index (χ0) is 9.41. The van der Waals surface area contributed by atoms with Crippen molar-refractivity contribution in [2.75, 3.05) is 6.26 Å². The van der Waals surface area contributed by atoms with E-state index in [1.165, 1.54) is 0 Å². The third kappa shape index (κ3) is 2.69. The van der Waals surface area contributed by atoms with Crippen molar-refractivity contribution >= 4 is 16.0 Å². The van der Waals surface area contributed by atoms with Crippen molar-refractivity contribution in [3.05, 3.63) is 0 Å². The highest BCUT2D eigenvalue weighted by molar-refractivity contribution is 7.86. The van der Waals surface area contributed by atoms with Gasteiger partial charge in [0, 0.05) is 0 Å². The van der Waals surface area contributed by atoms with Crippen LogP contribution in [0.5, 0.6) is 0 Å². The van der Waals surface area contributed by atoms with Gasteiger partial charge >= 0.3 is 10.1 Å². The molecule has 0 unspecified atom stereocenters. The Kier molecular flexibility index (Phi) is 2.03. The van der Waals surface area contributed by atoms with Crippen LogP contribution in [0.1, 0.15) is 20.3 Å². The normalized spacial score (nSPS) is 21.4. The van der Waals surface area contributed by atoms with Gasteiger partial charge in [0.1, 0.15) is 5.60 Å². The Balaban J connectivity index is 2.60. The number of hydrogen-bond donors (Lipinski definition) is 0. The van der Waals surface area contributed by atoms with E-state index in [1.807, 2.05) is 0 Å². The molecule has 0 amide bonds. The van der Waals surface area contributed by atoms with Crippen LogP contribution in [-0.4, -0.2) is 26.2 Å². The van der Waals surface area contributed by atoms with Crippen molar-refractivity contribution in [2.45, 2.75) is 25.9 Å². The highest BCUT2D eigenvalue weighted by Gasteiger charge is 2.31. The zero-order valence-electron chi connectivity index (χ0n) is 7.20. The maximum Gasteiger partial charge on any atom is 0.307 e. The Morgan fingerprint density at radius 2 is 2.17 bits per heavy atom. The van der Waals surface area contributed by atoms with Gasteiger partial charge in [0.15, 0.2) is 0 Å². The second-order valence-electron chi connectivity index (χ2n) is 3.30. The van der Waals surface area contributed by atoms with Crippen LogP contribution < -0.4 is 0 Å². The molecule has 1 aliphatic rings. The Morgan fingerprint density at radius 1 is 1.58 bits per heavy atom. The molecule has 0 atom stereocenters. The molecule has 0 aromatic carbocycles. The van der Waals surface area contributed by atoms with E-state index in [9.17, 15) is 8.42 Å². The molecule has 1 rings (SSSR count). The molecule has 0 aromatic rings. The summed E-state index contributed by atoms with van der Waals surface area (Å²) < 4.78 is 25.8. The molecule has 6 heteroatoms. The molecule has 5 nitrogen and oxygen atoms in total. The number of hydrogen-bond acceptors (Lipinski definition) is 5. The fraction of sp³-hybridized carbons (Fsp3) is 0.833. The van der Waals surface area contributed by atoms with E-state index in [0.717, 1.165) is 6.26 Å². The molecule has 0 radical (unpaired) electrons. The first kappa shape index (κ1) is 9.31. The molecule has 1 aliphatic heterocycles. The minimum atomic E-state index is -3.47. The quantitative estimate of drug-likeness (QED) is 0.568. The summed E-state index contributed by atoms with van der Waals surface area (Å²) in [6.45, 7) is 3.60. The predicted octanol–water partition coefficient (Wildman–Crippen LogP) is 0.475.